The van der Waals surface area contributed by atoms with Gasteiger partial charge >= 0.3 is 0 Å². The molecule has 2 aromatic rings. The Morgan fingerprint density at radius 3 is 2.62 bits per heavy atom. The molecule has 2 aliphatic carbocycles. The van der Waals surface area contributed by atoms with E-state index in [1.165, 1.54) is 46.6 Å². The van der Waals surface area contributed by atoms with Crippen LogP contribution < -0.4 is 10.4 Å². The van der Waals surface area contributed by atoms with Gasteiger partial charge in [0.15, 0.2) is 0 Å². The highest BCUT2D eigenvalue weighted by Crippen LogP contribution is 2.22. The molecule has 1 heteroatoms. The van der Waals surface area contributed by atoms with Crippen molar-refractivity contribution in [3.8, 4) is 0 Å². The van der Waals surface area contributed by atoms with E-state index in [1.54, 1.807) is 16.7 Å². The Morgan fingerprint density at radius 1 is 0.952 bits per heavy atom. The fourth-order valence-electron chi connectivity index (χ4n) is 3.94. The van der Waals surface area contributed by atoms with E-state index < -0.39 is 0 Å². The third-order valence-electron chi connectivity index (χ3n) is 4.97. The van der Waals surface area contributed by atoms with Crippen molar-refractivity contribution in [1.29, 1.82) is 0 Å². The predicted octanol–water partition coefficient (Wildman–Crippen LogP) is 3.86. The van der Waals surface area contributed by atoms with Crippen molar-refractivity contribution in [3.63, 3.8) is 0 Å². The summed E-state index contributed by atoms with van der Waals surface area (Å²) in [5.41, 5.74) is 4.79. The van der Waals surface area contributed by atoms with Gasteiger partial charge < -0.3 is 0 Å². The molecule has 0 aromatic heterocycles. The van der Waals surface area contributed by atoms with Crippen molar-refractivity contribution in [2.24, 2.45) is 0 Å². The molecule has 0 aliphatic heterocycles. The van der Waals surface area contributed by atoms with Gasteiger partial charge in [-0.05, 0) is 76.2 Å². The topological polar surface area (TPSA) is 0 Å². The van der Waals surface area contributed by atoms with Crippen molar-refractivity contribution in [3.05, 3.63) is 67.4 Å². The summed E-state index contributed by atoms with van der Waals surface area (Å²) in [7, 11) is 0. The minimum atomic E-state index is 0.827. The monoisotopic (exact) mass is 294 g/mol. The summed E-state index contributed by atoms with van der Waals surface area (Å²) in [6.45, 7) is 2.29. The van der Waals surface area contributed by atoms with E-state index in [1.807, 2.05) is 6.07 Å². The Kier molecular flexibility index (Phi) is 3.15. The number of benzene rings is 2. The van der Waals surface area contributed by atoms with Gasteiger partial charge in [0.1, 0.15) is 0 Å². The zero-order chi connectivity index (χ0) is 14.4. The second-order valence-corrected chi connectivity index (χ2v) is 6.50. The summed E-state index contributed by atoms with van der Waals surface area (Å²) in [6, 6.07) is 11.0. The summed E-state index contributed by atoms with van der Waals surface area (Å²) >= 11 is 6.13. The molecule has 0 N–H and O–H groups in total. The lowest BCUT2D eigenvalue weighted by molar-refractivity contribution is 0.791. The van der Waals surface area contributed by atoms with Gasteiger partial charge in [0.2, 0.25) is 0 Å². The molecule has 0 saturated carbocycles. The molecule has 0 atom stereocenters. The van der Waals surface area contributed by atoms with Crippen molar-refractivity contribution in [2.75, 3.05) is 0 Å². The van der Waals surface area contributed by atoms with Gasteiger partial charge in [-0.1, -0.05) is 48.4 Å². The van der Waals surface area contributed by atoms with E-state index >= 15 is 0 Å². The van der Waals surface area contributed by atoms with Crippen molar-refractivity contribution in [1.82, 2.24) is 0 Å². The molecule has 2 aliphatic rings. The lowest BCUT2D eigenvalue weighted by atomic mass is 9.85. The Bertz CT molecular complexity index is 935. The van der Waals surface area contributed by atoms with Crippen molar-refractivity contribution >= 4 is 23.3 Å². The van der Waals surface area contributed by atoms with E-state index in [4.69, 9.17) is 11.6 Å². The van der Waals surface area contributed by atoms with Crippen LogP contribution in [-0.4, -0.2) is 0 Å². The molecule has 0 nitrogen and oxygen atoms in total. The maximum Gasteiger partial charge on any atom is 0.0412 e. The molecule has 2 aromatic carbocycles. The summed E-state index contributed by atoms with van der Waals surface area (Å²) < 4.78 is 0. The van der Waals surface area contributed by atoms with Gasteiger partial charge in [0.25, 0.3) is 0 Å². The molecule has 0 saturated heterocycles. The lowest BCUT2D eigenvalue weighted by Gasteiger charge is -2.20. The fourth-order valence-corrected chi connectivity index (χ4v) is 4.12. The minimum Gasteiger partial charge on any atom is -0.0843 e. The second kappa shape index (κ2) is 5.03. The Balaban J connectivity index is 2.17. The third kappa shape index (κ3) is 2.05. The van der Waals surface area contributed by atoms with Gasteiger partial charge in [-0.15, -0.1) is 0 Å². The molecule has 0 fully saturated rings. The zero-order valence-corrected chi connectivity index (χ0v) is 13.1. The molecule has 4 rings (SSSR count). The Labute approximate surface area is 130 Å². The summed E-state index contributed by atoms with van der Waals surface area (Å²) in [5, 5.41) is 6.40. The molecule has 0 bridgehead atoms. The average molecular weight is 295 g/mol. The SMILES string of the molecule is CCC1=c2ccc3c(c2CCC1)CC=c1cc(Cl)ccc1=3. The quantitative estimate of drug-likeness (QED) is 0.749. The first-order valence-electron chi connectivity index (χ1n) is 7.91. The van der Waals surface area contributed by atoms with Crippen LogP contribution in [0.5, 0.6) is 0 Å². The van der Waals surface area contributed by atoms with Gasteiger partial charge in [-0.3, -0.25) is 0 Å². The molecule has 106 valence electrons. The van der Waals surface area contributed by atoms with Gasteiger partial charge in [0.05, 0.1) is 0 Å². The van der Waals surface area contributed by atoms with Gasteiger partial charge in [-0.25, -0.2) is 0 Å². The average Bonchev–Trinajstić information content (AvgIpc) is 2.53. The Morgan fingerprint density at radius 2 is 1.76 bits per heavy atom. The Hall–Kier alpha value is -1.53. The minimum absolute atomic E-state index is 0.827. The maximum atomic E-state index is 6.13. The van der Waals surface area contributed by atoms with Gasteiger partial charge in [-0.2, -0.15) is 0 Å². The van der Waals surface area contributed by atoms with E-state index in [0.29, 0.717) is 0 Å². The molecule has 0 unspecified atom stereocenters. The van der Waals surface area contributed by atoms with Crippen LogP contribution >= 0.6 is 11.6 Å². The van der Waals surface area contributed by atoms with Crippen LogP contribution in [0.15, 0.2) is 30.3 Å². The summed E-state index contributed by atoms with van der Waals surface area (Å²) in [4.78, 5) is 0. The smallest absolute Gasteiger partial charge is 0.0412 e. The first kappa shape index (κ1) is 13.2. The molecular weight excluding hydrogens is 276 g/mol. The summed E-state index contributed by atoms with van der Waals surface area (Å²) in [5.74, 6) is 0. The van der Waals surface area contributed by atoms with Crippen LogP contribution in [0.25, 0.3) is 11.6 Å². The van der Waals surface area contributed by atoms with Crippen LogP contribution in [-0.2, 0) is 12.8 Å². The zero-order valence-electron chi connectivity index (χ0n) is 12.4. The number of hydrogen-bond donors (Lipinski definition) is 0. The number of halogens is 1. The molecule has 21 heavy (non-hydrogen) atoms. The van der Waals surface area contributed by atoms with Crippen LogP contribution in [0.1, 0.15) is 37.3 Å². The largest absolute Gasteiger partial charge is 0.0843 e. The lowest BCUT2D eigenvalue weighted by Crippen LogP contribution is -2.22. The number of rotatable bonds is 1. The molecule has 0 amide bonds. The highest BCUT2D eigenvalue weighted by Gasteiger charge is 2.14. The highest BCUT2D eigenvalue weighted by molar-refractivity contribution is 6.30. The molecular formula is C20H19Cl. The molecule has 0 heterocycles. The molecule has 0 radical (unpaired) electrons. The van der Waals surface area contributed by atoms with E-state index in [2.05, 4.69) is 37.3 Å². The number of fused-ring (bicyclic) bond motifs is 4. The molecule has 0 spiro atoms. The van der Waals surface area contributed by atoms with Crippen LogP contribution in [0.3, 0.4) is 0 Å². The number of hydrogen-bond acceptors (Lipinski definition) is 0. The second-order valence-electron chi connectivity index (χ2n) is 6.07. The van der Waals surface area contributed by atoms with E-state index in [-0.39, 0.29) is 0 Å². The van der Waals surface area contributed by atoms with Gasteiger partial charge in [0, 0.05) is 5.02 Å². The third-order valence-corrected chi connectivity index (χ3v) is 5.21. The fraction of sp³-hybridized carbons (Fsp3) is 0.300. The maximum absolute atomic E-state index is 6.13. The summed E-state index contributed by atoms with van der Waals surface area (Å²) in [6.07, 6.45) is 8.38. The first-order valence-corrected chi connectivity index (χ1v) is 8.28. The van der Waals surface area contributed by atoms with E-state index in [0.717, 1.165) is 11.4 Å². The van der Waals surface area contributed by atoms with Crippen LogP contribution in [0.2, 0.25) is 5.02 Å². The van der Waals surface area contributed by atoms with Crippen molar-refractivity contribution < 1.29 is 0 Å². The van der Waals surface area contributed by atoms with E-state index in [9.17, 15) is 0 Å². The van der Waals surface area contributed by atoms with Crippen LogP contribution in [0, 0.1) is 10.4 Å². The normalized spacial score (nSPS) is 15.8. The van der Waals surface area contributed by atoms with Crippen molar-refractivity contribution in [2.45, 2.75) is 39.0 Å². The highest BCUT2D eigenvalue weighted by atomic mass is 35.5. The first-order chi connectivity index (χ1) is 10.3. The van der Waals surface area contributed by atoms with Crippen LogP contribution in [0.4, 0.5) is 0 Å². The standard InChI is InChI=1S/C20H19Cl/c1-2-13-4-3-5-18-16(13)10-11-19-17-9-7-15(21)12-14(17)6-8-20(18)19/h6-7,9-12H,2-5,8H2,1H3. The predicted molar refractivity (Wildman–Crippen MR) is 89.6 cm³/mol.